The minimum absolute atomic E-state index is 0.0189. The molecule has 1 aliphatic rings. The van der Waals surface area contributed by atoms with Crippen molar-refractivity contribution in [1.82, 2.24) is 9.29 Å². The molecule has 0 bridgehead atoms. The lowest BCUT2D eigenvalue weighted by Crippen LogP contribution is -2.28. The number of hydrogen-bond donors (Lipinski definition) is 1. The molecule has 0 spiro atoms. The molecule has 0 radical (unpaired) electrons. The van der Waals surface area contributed by atoms with E-state index in [9.17, 15) is 18.0 Å². The first-order valence-electron chi connectivity index (χ1n) is 10.8. The SMILES string of the molecule is Cc1ccc(C(=O)N2CCc3cc(CNS(=O)(=O)c4ccc5c(c4)oc(=O)n5C)ccc32)cc1. The fraction of sp³-hybridized carbons (Fsp3) is 0.200. The average molecular weight is 478 g/mol. The Balaban J connectivity index is 1.32. The van der Waals surface area contributed by atoms with Gasteiger partial charge in [0.15, 0.2) is 5.58 Å². The van der Waals surface area contributed by atoms with E-state index < -0.39 is 15.8 Å². The van der Waals surface area contributed by atoms with Crippen LogP contribution in [0.4, 0.5) is 5.69 Å². The molecular formula is C25H23N3O5S. The van der Waals surface area contributed by atoms with Gasteiger partial charge in [-0.15, -0.1) is 0 Å². The molecule has 0 atom stereocenters. The lowest BCUT2D eigenvalue weighted by Gasteiger charge is -2.18. The maximum Gasteiger partial charge on any atom is 0.419 e. The maximum absolute atomic E-state index is 12.9. The van der Waals surface area contributed by atoms with E-state index in [-0.39, 0.29) is 22.9 Å². The third kappa shape index (κ3) is 3.93. The van der Waals surface area contributed by atoms with Crippen LogP contribution in [-0.4, -0.2) is 25.4 Å². The summed E-state index contributed by atoms with van der Waals surface area (Å²) in [4.78, 5) is 26.4. The van der Waals surface area contributed by atoms with Crippen LogP contribution in [0.5, 0.6) is 0 Å². The number of anilines is 1. The van der Waals surface area contributed by atoms with Gasteiger partial charge < -0.3 is 9.32 Å². The van der Waals surface area contributed by atoms with Crippen molar-refractivity contribution in [3.8, 4) is 0 Å². The molecular weight excluding hydrogens is 454 g/mol. The van der Waals surface area contributed by atoms with E-state index in [1.807, 2.05) is 49.4 Å². The van der Waals surface area contributed by atoms with Gasteiger partial charge in [-0.25, -0.2) is 17.9 Å². The van der Waals surface area contributed by atoms with Crippen molar-refractivity contribution in [3.63, 3.8) is 0 Å². The standard InChI is InChI=1S/C25H23N3O5S/c1-16-3-6-18(7-4-16)24(29)28-12-11-19-13-17(5-9-21(19)28)15-26-34(31,32)20-8-10-22-23(14-20)33-25(30)27(22)2/h3-10,13-14,26H,11-12,15H2,1-2H3. The number of nitrogens with zero attached hydrogens (tertiary/aromatic N) is 2. The first-order valence-corrected chi connectivity index (χ1v) is 12.3. The van der Waals surface area contributed by atoms with E-state index in [4.69, 9.17) is 4.42 Å². The number of aromatic nitrogens is 1. The number of nitrogens with one attached hydrogen (secondary N) is 1. The van der Waals surface area contributed by atoms with Gasteiger partial charge in [0.1, 0.15) is 0 Å². The summed E-state index contributed by atoms with van der Waals surface area (Å²) in [5, 5.41) is 0. The highest BCUT2D eigenvalue weighted by Gasteiger charge is 2.26. The fourth-order valence-corrected chi connectivity index (χ4v) is 5.20. The van der Waals surface area contributed by atoms with E-state index in [1.165, 1.54) is 16.7 Å². The summed E-state index contributed by atoms with van der Waals surface area (Å²) in [6, 6.07) is 17.4. The highest BCUT2D eigenvalue weighted by Crippen LogP contribution is 2.30. The molecule has 0 saturated heterocycles. The number of rotatable bonds is 5. The molecule has 0 fully saturated rings. The monoisotopic (exact) mass is 477 g/mol. The van der Waals surface area contributed by atoms with Crippen molar-refractivity contribution >= 4 is 32.7 Å². The smallest absolute Gasteiger partial charge is 0.408 e. The second-order valence-corrected chi connectivity index (χ2v) is 10.2. The lowest BCUT2D eigenvalue weighted by atomic mass is 10.1. The summed E-state index contributed by atoms with van der Waals surface area (Å²) in [6.07, 6.45) is 0.706. The number of oxazole rings is 1. The third-order valence-corrected chi connectivity index (χ3v) is 7.52. The summed E-state index contributed by atoms with van der Waals surface area (Å²) >= 11 is 0. The Bertz CT molecular complexity index is 1580. The van der Waals surface area contributed by atoms with Crippen LogP contribution in [0.15, 0.2) is 74.8 Å². The molecule has 1 aliphatic heterocycles. The predicted molar refractivity (Wildman–Crippen MR) is 128 cm³/mol. The van der Waals surface area contributed by atoms with Gasteiger partial charge in [0.05, 0.1) is 10.4 Å². The van der Waals surface area contributed by atoms with Crippen molar-refractivity contribution < 1.29 is 17.6 Å². The van der Waals surface area contributed by atoms with E-state index in [0.29, 0.717) is 24.0 Å². The molecule has 1 N–H and O–H groups in total. The summed E-state index contributed by atoms with van der Waals surface area (Å²) < 4.78 is 34.6. The normalized spacial score (nSPS) is 13.4. The van der Waals surface area contributed by atoms with Crippen molar-refractivity contribution in [1.29, 1.82) is 0 Å². The first-order chi connectivity index (χ1) is 16.2. The zero-order valence-electron chi connectivity index (χ0n) is 18.7. The Morgan fingerprint density at radius 2 is 1.82 bits per heavy atom. The molecule has 174 valence electrons. The molecule has 4 aromatic rings. The second-order valence-electron chi connectivity index (χ2n) is 8.42. The largest absolute Gasteiger partial charge is 0.419 e. The number of hydrogen-bond acceptors (Lipinski definition) is 5. The summed E-state index contributed by atoms with van der Waals surface area (Å²) in [5.41, 5.74) is 5.12. The van der Waals surface area contributed by atoms with Gasteiger partial charge in [0, 0.05) is 37.5 Å². The van der Waals surface area contributed by atoms with Crippen LogP contribution in [-0.2, 0) is 30.0 Å². The average Bonchev–Trinajstić information content (AvgIpc) is 3.37. The molecule has 8 nitrogen and oxygen atoms in total. The minimum atomic E-state index is -3.82. The third-order valence-electron chi connectivity index (χ3n) is 6.12. The number of aryl methyl sites for hydroxylation is 2. The molecule has 0 aliphatic carbocycles. The second kappa shape index (κ2) is 8.27. The van der Waals surface area contributed by atoms with Gasteiger partial charge in [-0.3, -0.25) is 9.36 Å². The van der Waals surface area contributed by atoms with Crippen LogP contribution in [0.25, 0.3) is 11.1 Å². The molecule has 0 unspecified atom stereocenters. The van der Waals surface area contributed by atoms with Gasteiger partial charge in [0.2, 0.25) is 10.0 Å². The van der Waals surface area contributed by atoms with Crippen LogP contribution >= 0.6 is 0 Å². The van der Waals surface area contributed by atoms with Crippen LogP contribution < -0.4 is 15.4 Å². The fourth-order valence-electron chi connectivity index (χ4n) is 4.17. The molecule has 1 amide bonds. The number of sulfonamides is 1. The Morgan fingerprint density at radius 3 is 2.59 bits per heavy atom. The van der Waals surface area contributed by atoms with Crippen molar-refractivity contribution in [3.05, 3.63) is 93.5 Å². The Hall–Kier alpha value is -3.69. The highest BCUT2D eigenvalue weighted by molar-refractivity contribution is 7.89. The van der Waals surface area contributed by atoms with Gasteiger partial charge in [0.25, 0.3) is 5.91 Å². The van der Waals surface area contributed by atoms with Gasteiger partial charge in [-0.1, -0.05) is 29.8 Å². The zero-order chi connectivity index (χ0) is 24.0. The lowest BCUT2D eigenvalue weighted by molar-refractivity contribution is 0.0989. The van der Waals surface area contributed by atoms with E-state index >= 15 is 0 Å². The molecule has 34 heavy (non-hydrogen) atoms. The van der Waals surface area contributed by atoms with E-state index in [0.717, 1.165) is 22.4 Å². The predicted octanol–water partition coefficient (Wildman–Crippen LogP) is 3.12. The van der Waals surface area contributed by atoms with Crippen molar-refractivity contribution in [2.75, 3.05) is 11.4 Å². The quantitative estimate of drug-likeness (QED) is 0.476. The summed E-state index contributed by atoms with van der Waals surface area (Å²) in [6.45, 7) is 2.66. The summed E-state index contributed by atoms with van der Waals surface area (Å²) in [7, 11) is -2.26. The number of fused-ring (bicyclic) bond motifs is 2. The van der Waals surface area contributed by atoms with E-state index in [1.54, 1.807) is 18.0 Å². The Morgan fingerprint density at radius 1 is 1.06 bits per heavy atom. The van der Waals surface area contributed by atoms with Crippen LogP contribution in [0.2, 0.25) is 0 Å². The topological polar surface area (TPSA) is 102 Å². The number of benzene rings is 3. The van der Waals surface area contributed by atoms with Crippen molar-refractivity contribution in [2.24, 2.45) is 7.05 Å². The molecule has 9 heteroatoms. The van der Waals surface area contributed by atoms with Crippen LogP contribution in [0, 0.1) is 6.92 Å². The van der Waals surface area contributed by atoms with Crippen LogP contribution in [0.3, 0.4) is 0 Å². The van der Waals surface area contributed by atoms with E-state index in [2.05, 4.69) is 4.72 Å². The minimum Gasteiger partial charge on any atom is -0.408 e. The molecule has 0 saturated carbocycles. The summed E-state index contributed by atoms with van der Waals surface area (Å²) in [5.74, 6) is -0.597. The van der Waals surface area contributed by atoms with Gasteiger partial charge in [-0.05, 0) is 54.8 Å². The maximum atomic E-state index is 12.9. The Labute approximate surface area is 196 Å². The first kappa shape index (κ1) is 22.1. The number of carbonyl (C=O) groups excluding carboxylic acids is 1. The Kier molecular flexibility index (Phi) is 5.38. The molecule has 2 heterocycles. The zero-order valence-corrected chi connectivity index (χ0v) is 19.6. The molecule has 5 rings (SSSR count). The van der Waals surface area contributed by atoms with Gasteiger partial charge in [-0.2, -0.15) is 0 Å². The molecule has 1 aromatic heterocycles. The van der Waals surface area contributed by atoms with Crippen LogP contribution in [0.1, 0.15) is 27.0 Å². The number of amides is 1. The number of carbonyl (C=O) groups is 1. The van der Waals surface area contributed by atoms with Crippen molar-refractivity contribution in [2.45, 2.75) is 24.8 Å². The highest BCUT2D eigenvalue weighted by atomic mass is 32.2. The van der Waals surface area contributed by atoms with Gasteiger partial charge >= 0.3 is 5.76 Å². The molecule has 3 aromatic carbocycles.